The highest BCUT2D eigenvalue weighted by Crippen LogP contribution is 2.29. The lowest BCUT2D eigenvalue weighted by Crippen LogP contribution is -2.16. The van der Waals surface area contributed by atoms with Gasteiger partial charge in [-0.1, -0.05) is 18.2 Å². The standard InChI is InChI=1S/C21H25NO3S/c1-3-24-22-12-4-6-17-8-10-19(11-9-17)23-15-18-14-20(25-16(18)2)21-7-5-13-26-21/h5,7-11,13-14,22H,3-4,6,12,15H2,1-2H3. The molecule has 4 nitrogen and oxygen atoms in total. The summed E-state index contributed by atoms with van der Waals surface area (Å²) in [5.74, 6) is 2.69. The van der Waals surface area contributed by atoms with Crippen LogP contribution in [0.2, 0.25) is 0 Å². The molecule has 0 bridgehead atoms. The van der Waals surface area contributed by atoms with Gasteiger partial charge in [0.15, 0.2) is 0 Å². The Bertz CT molecular complexity index is 778. The highest BCUT2D eigenvalue weighted by Gasteiger charge is 2.10. The van der Waals surface area contributed by atoms with Crippen LogP contribution in [-0.4, -0.2) is 13.2 Å². The first-order valence-corrected chi connectivity index (χ1v) is 9.84. The summed E-state index contributed by atoms with van der Waals surface area (Å²) >= 11 is 1.68. The largest absolute Gasteiger partial charge is 0.489 e. The van der Waals surface area contributed by atoms with Crippen molar-refractivity contribution >= 4 is 11.3 Å². The maximum Gasteiger partial charge on any atom is 0.144 e. The second-order valence-electron chi connectivity index (χ2n) is 6.03. The predicted octanol–water partition coefficient (Wildman–Crippen LogP) is 5.37. The molecule has 0 aliphatic carbocycles. The first-order chi connectivity index (χ1) is 12.8. The van der Waals surface area contributed by atoms with E-state index in [1.54, 1.807) is 11.3 Å². The number of benzene rings is 1. The number of rotatable bonds is 10. The van der Waals surface area contributed by atoms with Crippen molar-refractivity contribution in [2.75, 3.05) is 13.2 Å². The molecule has 1 N–H and O–H groups in total. The zero-order valence-electron chi connectivity index (χ0n) is 15.3. The van der Waals surface area contributed by atoms with Crippen molar-refractivity contribution in [3.05, 3.63) is 64.7 Å². The third-order valence-corrected chi connectivity index (χ3v) is 4.98. The van der Waals surface area contributed by atoms with Crippen LogP contribution in [0.5, 0.6) is 5.75 Å². The second-order valence-corrected chi connectivity index (χ2v) is 6.98. The van der Waals surface area contributed by atoms with Crippen LogP contribution in [0.25, 0.3) is 10.6 Å². The third kappa shape index (κ3) is 5.21. The van der Waals surface area contributed by atoms with E-state index >= 15 is 0 Å². The van der Waals surface area contributed by atoms with Crippen molar-refractivity contribution in [2.24, 2.45) is 0 Å². The molecule has 138 valence electrons. The Hall–Kier alpha value is -2.08. The molecule has 0 aliphatic heterocycles. The molecular formula is C21H25NO3S. The van der Waals surface area contributed by atoms with Crippen molar-refractivity contribution in [3.8, 4) is 16.4 Å². The molecule has 2 aromatic heterocycles. The van der Waals surface area contributed by atoms with Gasteiger partial charge >= 0.3 is 0 Å². The fourth-order valence-electron chi connectivity index (χ4n) is 2.66. The molecule has 0 spiro atoms. The van der Waals surface area contributed by atoms with E-state index in [2.05, 4.69) is 35.1 Å². The van der Waals surface area contributed by atoms with Crippen LogP contribution in [0.4, 0.5) is 0 Å². The van der Waals surface area contributed by atoms with Gasteiger partial charge in [-0.2, -0.15) is 0 Å². The zero-order valence-corrected chi connectivity index (χ0v) is 16.1. The maximum absolute atomic E-state index is 5.93. The quantitative estimate of drug-likeness (QED) is 0.384. The summed E-state index contributed by atoms with van der Waals surface area (Å²) in [4.78, 5) is 6.26. The first-order valence-electron chi connectivity index (χ1n) is 8.96. The van der Waals surface area contributed by atoms with Gasteiger partial charge in [-0.05, 0) is 61.9 Å². The van der Waals surface area contributed by atoms with Gasteiger partial charge in [0.05, 0.1) is 11.5 Å². The normalized spacial score (nSPS) is 11.0. The molecule has 0 amide bonds. The van der Waals surface area contributed by atoms with Crippen molar-refractivity contribution in [3.63, 3.8) is 0 Å². The minimum Gasteiger partial charge on any atom is -0.489 e. The topological polar surface area (TPSA) is 43.6 Å². The predicted molar refractivity (Wildman–Crippen MR) is 105 cm³/mol. The summed E-state index contributed by atoms with van der Waals surface area (Å²) in [5, 5.41) is 2.05. The number of aryl methyl sites for hydroxylation is 2. The molecule has 3 aromatic rings. The van der Waals surface area contributed by atoms with E-state index < -0.39 is 0 Å². The second kappa shape index (κ2) is 9.57. The number of hydrogen-bond acceptors (Lipinski definition) is 5. The van der Waals surface area contributed by atoms with E-state index in [1.807, 2.05) is 32.0 Å². The minimum atomic E-state index is 0.512. The average Bonchev–Trinajstić information content (AvgIpc) is 3.31. The summed E-state index contributed by atoms with van der Waals surface area (Å²) in [7, 11) is 0. The molecular weight excluding hydrogens is 346 g/mol. The Kier molecular flexibility index (Phi) is 6.89. The Labute approximate surface area is 158 Å². The van der Waals surface area contributed by atoms with Crippen LogP contribution in [0.15, 0.2) is 52.3 Å². The highest BCUT2D eigenvalue weighted by molar-refractivity contribution is 7.13. The summed E-state index contributed by atoms with van der Waals surface area (Å²) < 4.78 is 11.8. The molecule has 0 fully saturated rings. The lowest BCUT2D eigenvalue weighted by atomic mass is 10.1. The number of ether oxygens (including phenoxy) is 1. The number of hydrogen-bond donors (Lipinski definition) is 1. The van der Waals surface area contributed by atoms with Gasteiger partial charge in [-0.25, -0.2) is 5.48 Å². The molecule has 0 unspecified atom stereocenters. The summed E-state index contributed by atoms with van der Waals surface area (Å²) in [6, 6.07) is 14.5. The fraction of sp³-hybridized carbons (Fsp3) is 0.333. The molecule has 0 atom stereocenters. The molecule has 1 aromatic carbocycles. The Balaban J connectivity index is 1.49. The van der Waals surface area contributed by atoms with E-state index in [1.165, 1.54) is 5.56 Å². The van der Waals surface area contributed by atoms with Gasteiger partial charge < -0.3 is 14.0 Å². The van der Waals surface area contributed by atoms with Crippen LogP contribution in [-0.2, 0) is 17.9 Å². The van der Waals surface area contributed by atoms with Crippen LogP contribution in [0, 0.1) is 6.92 Å². The first kappa shape index (κ1) is 18.7. The third-order valence-electron chi connectivity index (χ3n) is 4.09. The van der Waals surface area contributed by atoms with Gasteiger partial charge in [0, 0.05) is 12.1 Å². The van der Waals surface area contributed by atoms with Crippen molar-refractivity contribution in [1.29, 1.82) is 0 Å². The maximum atomic E-state index is 5.93. The molecule has 26 heavy (non-hydrogen) atoms. The van der Waals surface area contributed by atoms with Gasteiger partial charge in [0.2, 0.25) is 0 Å². The fourth-order valence-corrected chi connectivity index (χ4v) is 3.33. The summed E-state index contributed by atoms with van der Waals surface area (Å²) in [6.45, 7) is 6.02. The molecule has 3 rings (SSSR count). The lowest BCUT2D eigenvalue weighted by molar-refractivity contribution is 0.0505. The van der Waals surface area contributed by atoms with Crippen LogP contribution >= 0.6 is 11.3 Å². The van der Waals surface area contributed by atoms with Crippen molar-refractivity contribution in [1.82, 2.24) is 5.48 Å². The van der Waals surface area contributed by atoms with E-state index in [-0.39, 0.29) is 0 Å². The van der Waals surface area contributed by atoms with E-state index in [9.17, 15) is 0 Å². The van der Waals surface area contributed by atoms with Gasteiger partial charge in [-0.3, -0.25) is 0 Å². The van der Waals surface area contributed by atoms with Crippen LogP contribution < -0.4 is 10.2 Å². The summed E-state index contributed by atoms with van der Waals surface area (Å²) in [6.07, 6.45) is 2.06. The van der Waals surface area contributed by atoms with Crippen molar-refractivity contribution in [2.45, 2.75) is 33.3 Å². The van der Waals surface area contributed by atoms with Gasteiger partial charge in [-0.15, -0.1) is 11.3 Å². The van der Waals surface area contributed by atoms with Crippen molar-refractivity contribution < 1.29 is 14.0 Å². The monoisotopic (exact) mass is 371 g/mol. The number of nitrogens with one attached hydrogen (secondary N) is 1. The van der Waals surface area contributed by atoms with Gasteiger partial charge in [0.25, 0.3) is 0 Å². The Morgan fingerprint density at radius 2 is 2.00 bits per heavy atom. The zero-order chi connectivity index (χ0) is 18.2. The van der Waals surface area contributed by atoms with E-state index in [0.717, 1.165) is 47.1 Å². The molecule has 0 radical (unpaired) electrons. The molecule has 0 saturated carbocycles. The minimum absolute atomic E-state index is 0.512. The number of thiophene rings is 1. The smallest absolute Gasteiger partial charge is 0.144 e. The van der Waals surface area contributed by atoms with Crippen LogP contribution in [0.3, 0.4) is 0 Å². The highest BCUT2D eigenvalue weighted by atomic mass is 32.1. The summed E-state index contributed by atoms with van der Waals surface area (Å²) in [5.41, 5.74) is 5.32. The van der Waals surface area contributed by atoms with E-state index in [4.69, 9.17) is 14.0 Å². The average molecular weight is 372 g/mol. The molecule has 5 heteroatoms. The Morgan fingerprint density at radius 1 is 1.15 bits per heavy atom. The lowest BCUT2D eigenvalue weighted by Gasteiger charge is -2.07. The molecule has 0 aliphatic rings. The van der Waals surface area contributed by atoms with E-state index in [0.29, 0.717) is 13.2 Å². The SMILES string of the molecule is CCONCCCc1ccc(OCc2cc(-c3cccs3)oc2C)cc1. The number of hydroxylamine groups is 1. The number of furan rings is 1. The van der Waals surface area contributed by atoms with Crippen LogP contribution in [0.1, 0.15) is 30.2 Å². The molecule has 2 heterocycles. The molecule has 0 saturated heterocycles. The van der Waals surface area contributed by atoms with Gasteiger partial charge in [0.1, 0.15) is 23.9 Å². The Morgan fingerprint density at radius 3 is 2.73 bits per heavy atom.